The highest BCUT2D eigenvalue weighted by Gasteiger charge is 2.39. The number of carbonyl (C=O) groups is 1. The molecule has 0 aromatic carbocycles. The molecule has 0 aliphatic heterocycles. The monoisotopic (exact) mass is 262 g/mol. The van der Waals surface area contributed by atoms with Crippen LogP contribution in [0.25, 0.3) is 0 Å². The molecular formula is C11H19ClO3Si. The maximum atomic E-state index is 11.5. The zero-order chi connectivity index (χ0) is 12.4. The Morgan fingerprint density at radius 3 is 2.50 bits per heavy atom. The van der Waals surface area contributed by atoms with E-state index in [4.69, 9.17) is 20.8 Å². The van der Waals surface area contributed by atoms with Gasteiger partial charge in [0.25, 0.3) is 0 Å². The minimum atomic E-state index is -1.55. The van der Waals surface area contributed by atoms with E-state index in [0.717, 1.165) is 5.76 Å². The Morgan fingerprint density at radius 1 is 1.50 bits per heavy atom. The van der Waals surface area contributed by atoms with E-state index in [2.05, 4.69) is 19.6 Å². The molecule has 0 radical (unpaired) electrons. The van der Waals surface area contributed by atoms with Gasteiger partial charge in [-0.25, -0.2) is 0 Å². The first-order valence-electron chi connectivity index (χ1n) is 5.42. The van der Waals surface area contributed by atoms with E-state index in [0.29, 0.717) is 19.3 Å². The van der Waals surface area contributed by atoms with Crippen molar-refractivity contribution in [3.8, 4) is 0 Å². The molecule has 0 saturated heterocycles. The standard InChI is InChI=1S/C11H19ClO3Si/c1-14-10(13)11(12)7-5-9(6-8-11)15-16(2,3)4/h5H,6-8H2,1-4H3. The van der Waals surface area contributed by atoms with Crippen LogP contribution in [0.4, 0.5) is 0 Å². The maximum Gasteiger partial charge on any atom is 0.327 e. The first-order chi connectivity index (χ1) is 7.27. The van der Waals surface area contributed by atoms with Crippen molar-refractivity contribution in [2.24, 2.45) is 0 Å². The van der Waals surface area contributed by atoms with Crippen LogP contribution in [-0.2, 0) is 14.0 Å². The van der Waals surface area contributed by atoms with Gasteiger partial charge in [-0.3, -0.25) is 4.79 Å². The van der Waals surface area contributed by atoms with Crippen molar-refractivity contribution < 1.29 is 14.0 Å². The van der Waals surface area contributed by atoms with Crippen molar-refractivity contribution in [1.82, 2.24) is 0 Å². The molecule has 0 amide bonds. The number of carbonyl (C=O) groups excluding carboxylic acids is 1. The second kappa shape index (κ2) is 4.80. The van der Waals surface area contributed by atoms with Gasteiger partial charge in [-0.05, 0) is 38.6 Å². The number of esters is 1. The van der Waals surface area contributed by atoms with E-state index in [-0.39, 0.29) is 5.97 Å². The summed E-state index contributed by atoms with van der Waals surface area (Å²) in [7, 11) is -0.189. The first-order valence-corrected chi connectivity index (χ1v) is 9.21. The van der Waals surface area contributed by atoms with Crippen molar-refractivity contribution in [3.05, 3.63) is 11.8 Å². The summed E-state index contributed by atoms with van der Waals surface area (Å²) in [6.07, 6.45) is 3.70. The molecule has 0 saturated carbocycles. The quantitative estimate of drug-likeness (QED) is 0.446. The van der Waals surface area contributed by atoms with E-state index in [1.165, 1.54) is 7.11 Å². The van der Waals surface area contributed by atoms with Gasteiger partial charge in [-0.1, -0.05) is 0 Å². The lowest BCUT2D eigenvalue weighted by Crippen LogP contribution is -2.36. The average molecular weight is 263 g/mol. The number of halogens is 1. The Morgan fingerprint density at radius 2 is 2.12 bits per heavy atom. The summed E-state index contributed by atoms with van der Waals surface area (Å²) in [6, 6.07) is 0. The van der Waals surface area contributed by atoms with Gasteiger partial charge in [0.15, 0.2) is 0 Å². The average Bonchev–Trinajstić information content (AvgIpc) is 2.18. The molecule has 0 heterocycles. The Bertz CT molecular complexity index is 309. The van der Waals surface area contributed by atoms with Gasteiger partial charge < -0.3 is 9.16 Å². The fourth-order valence-corrected chi connectivity index (χ4v) is 2.88. The van der Waals surface area contributed by atoms with Gasteiger partial charge in [0.05, 0.1) is 12.9 Å². The minimum absolute atomic E-state index is 0.350. The predicted octanol–water partition coefficient (Wildman–Crippen LogP) is 3.06. The zero-order valence-corrected chi connectivity index (χ0v) is 12.1. The summed E-state index contributed by atoms with van der Waals surface area (Å²) in [5.41, 5.74) is 0. The molecule has 1 atom stereocenters. The van der Waals surface area contributed by atoms with Crippen LogP contribution in [0.2, 0.25) is 19.6 Å². The van der Waals surface area contributed by atoms with E-state index in [1.54, 1.807) is 0 Å². The highest BCUT2D eigenvalue weighted by molar-refractivity contribution is 6.70. The first kappa shape index (κ1) is 13.6. The van der Waals surface area contributed by atoms with Crippen LogP contribution < -0.4 is 0 Å². The number of ether oxygens (including phenoxy) is 1. The lowest BCUT2D eigenvalue weighted by molar-refractivity contribution is -0.144. The number of hydrogen-bond donors (Lipinski definition) is 0. The van der Waals surface area contributed by atoms with Gasteiger partial charge in [0.1, 0.15) is 4.87 Å². The van der Waals surface area contributed by atoms with Gasteiger partial charge in [0, 0.05) is 6.42 Å². The molecule has 92 valence electrons. The summed E-state index contributed by atoms with van der Waals surface area (Å²) < 4.78 is 10.6. The number of methoxy groups -OCH3 is 1. The normalized spacial score (nSPS) is 25.9. The van der Waals surface area contributed by atoms with E-state index in [9.17, 15) is 4.79 Å². The molecule has 0 aromatic rings. The molecule has 16 heavy (non-hydrogen) atoms. The minimum Gasteiger partial charge on any atom is -0.548 e. The Labute approximate surface area is 103 Å². The number of hydrogen-bond acceptors (Lipinski definition) is 3. The molecule has 0 spiro atoms. The van der Waals surface area contributed by atoms with Crippen molar-refractivity contribution in [2.45, 2.75) is 43.8 Å². The van der Waals surface area contributed by atoms with Gasteiger partial charge in [-0.2, -0.15) is 0 Å². The third kappa shape index (κ3) is 3.52. The largest absolute Gasteiger partial charge is 0.548 e. The Hall–Kier alpha value is -0.483. The highest BCUT2D eigenvalue weighted by atomic mass is 35.5. The predicted molar refractivity (Wildman–Crippen MR) is 67.0 cm³/mol. The van der Waals surface area contributed by atoms with Crippen LogP contribution in [-0.4, -0.2) is 26.3 Å². The molecule has 1 unspecified atom stereocenters. The van der Waals surface area contributed by atoms with Crippen molar-refractivity contribution in [2.75, 3.05) is 7.11 Å². The fourth-order valence-electron chi connectivity index (χ4n) is 1.66. The SMILES string of the molecule is COC(=O)C1(Cl)CC=C(O[Si](C)(C)C)CC1. The van der Waals surface area contributed by atoms with Crippen LogP contribution in [0.3, 0.4) is 0 Å². The summed E-state index contributed by atoms with van der Waals surface area (Å²) in [5.74, 6) is 0.622. The smallest absolute Gasteiger partial charge is 0.327 e. The number of allylic oxidation sites excluding steroid dienone is 2. The fraction of sp³-hybridized carbons (Fsp3) is 0.727. The second-order valence-electron chi connectivity index (χ2n) is 5.05. The Balaban J connectivity index is 2.64. The topological polar surface area (TPSA) is 35.5 Å². The van der Waals surface area contributed by atoms with Crippen molar-refractivity contribution in [3.63, 3.8) is 0 Å². The van der Waals surface area contributed by atoms with Crippen LogP contribution in [0.1, 0.15) is 19.3 Å². The van der Waals surface area contributed by atoms with Crippen LogP contribution in [0.5, 0.6) is 0 Å². The van der Waals surface area contributed by atoms with Crippen LogP contribution in [0.15, 0.2) is 11.8 Å². The molecular weight excluding hydrogens is 244 g/mol. The molecule has 0 bridgehead atoms. The van der Waals surface area contributed by atoms with Crippen LogP contribution >= 0.6 is 11.6 Å². The summed E-state index contributed by atoms with van der Waals surface area (Å²) >= 11 is 6.20. The van der Waals surface area contributed by atoms with Crippen molar-refractivity contribution in [1.29, 1.82) is 0 Å². The molecule has 1 aliphatic rings. The molecule has 0 N–H and O–H groups in total. The third-order valence-corrected chi connectivity index (χ3v) is 3.78. The molecule has 1 rings (SSSR count). The summed E-state index contributed by atoms with van der Waals surface area (Å²) in [5, 5.41) is 0. The molecule has 0 aromatic heterocycles. The molecule has 0 fully saturated rings. The van der Waals surface area contributed by atoms with E-state index in [1.807, 2.05) is 6.08 Å². The zero-order valence-electron chi connectivity index (χ0n) is 10.3. The van der Waals surface area contributed by atoms with Gasteiger partial charge in [-0.15, -0.1) is 11.6 Å². The lowest BCUT2D eigenvalue weighted by Gasteiger charge is -2.30. The van der Waals surface area contributed by atoms with Crippen molar-refractivity contribution >= 4 is 25.9 Å². The van der Waals surface area contributed by atoms with Gasteiger partial charge >= 0.3 is 5.97 Å². The Kier molecular flexibility index (Phi) is 4.07. The third-order valence-electron chi connectivity index (χ3n) is 2.41. The van der Waals surface area contributed by atoms with E-state index >= 15 is 0 Å². The molecule has 3 nitrogen and oxygen atoms in total. The summed E-state index contributed by atoms with van der Waals surface area (Å²) in [4.78, 5) is 10.6. The maximum absolute atomic E-state index is 11.5. The van der Waals surface area contributed by atoms with E-state index < -0.39 is 13.2 Å². The van der Waals surface area contributed by atoms with Gasteiger partial charge in [0.2, 0.25) is 8.32 Å². The lowest BCUT2D eigenvalue weighted by atomic mass is 9.92. The summed E-state index contributed by atoms with van der Waals surface area (Å²) in [6.45, 7) is 6.41. The number of alkyl halides is 1. The molecule has 1 aliphatic carbocycles. The number of rotatable bonds is 3. The highest BCUT2D eigenvalue weighted by Crippen LogP contribution is 2.35. The molecule has 5 heteroatoms. The van der Waals surface area contributed by atoms with Crippen LogP contribution in [0, 0.1) is 0 Å². The second-order valence-corrected chi connectivity index (χ2v) is 10.2.